The summed E-state index contributed by atoms with van der Waals surface area (Å²) in [6.07, 6.45) is 1.52. The number of carbonyl (C=O) groups excluding carboxylic acids is 1. The minimum absolute atomic E-state index is 0.163. The van der Waals surface area contributed by atoms with Crippen LogP contribution in [0.25, 0.3) is 11.7 Å². The Kier molecular flexibility index (Phi) is 4.37. The first kappa shape index (κ1) is 14.8. The fourth-order valence-electron chi connectivity index (χ4n) is 1.96. The Bertz CT molecular complexity index is 763. The van der Waals surface area contributed by atoms with Crippen molar-refractivity contribution in [2.75, 3.05) is 6.61 Å². The van der Waals surface area contributed by atoms with Crippen molar-refractivity contribution in [2.45, 2.75) is 13.5 Å². The van der Waals surface area contributed by atoms with Crippen LogP contribution in [0.5, 0.6) is 5.75 Å². The highest BCUT2D eigenvalue weighted by Crippen LogP contribution is 2.17. The van der Waals surface area contributed by atoms with Gasteiger partial charge in [-0.1, -0.05) is 5.16 Å². The molecule has 23 heavy (non-hydrogen) atoms. The van der Waals surface area contributed by atoms with E-state index in [2.05, 4.69) is 15.5 Å². The average Bonchev–Trinajstić information content (AvgIpc) is 3.25. The van der Waals surface area contributed by atoms with Gasteiger partial charge in [0.15, 0.2) is 11.6 Å². The number of aromatic nitrogens is 2. The van der Waals surface area contributed by atoms with E-state index in [1.165, 1.54) is 6.26 Å². The molecule has 0 aliphatic heterocycles. The number of furan rings is 1. The fraction of sp³-hybridized carbons (Fsp3) is 0.188. The number of hydrogen-bond acceptors (Lipinski definition) is 6. The molecule has 0 atom stereocenters. The topological polar surface area (TPSA) is 90.4 Å². The summed E-state index contributed by atoms with van der Waals surface area (Å²) in [6.45, 7) is 2.65. The predicted molar refractivity (Wildman–Crippen MR) is 80.8 cm³/mol. The molecule has 3 aromatic rings. The van der Waals surface area contributed by atoms with Crippen LogP contribution in [0.2, 0.25) is 0 Å². The molecular formula is C16H15N3O4. The summed E-state index contributed by atoms with van der Waals surface area (Å²) in [7, 11) is 0. The minimum atomic E-state index is -0.225. The number of hydrogen-bond donors (Lipinski definition) is 1. The second kappa shape index (κ2) is 6.78. The molecule has 7 heteroatoms. The van der Waals surface area contributed by atoms with Gasteiger partial charge < -0.3 is 19.0 Å². The molecule has 1 amide bonds. The zero-order valence-electron chi connectivity index (χ0n) is 12.5. The molecule has 0 spiro atoms. The van der Waals surface area contributed by atoms with E-state index >= 15 is 0 Å². The van der Waals surface area contributed by atoms with Gasteiger partial charge in [0.25, 0.3) is 11.8 Å². The number of nitrogens with zero attached hydrogens (tertiary/aromatic N) is 2. The number of carbonyl (C=O) groups is 1. The number of amides is 1. The first-order valence-corrected chi connectivity index (χ1v) is 7.14. The van der Waals surface area contributed by atoms with Crippen LogP contribution >= 0.6 is 0 Å². The first-order valence-electron chi connectivity index (χ1n) is 7.14. The van der Waals surface area contributed by atoms with Gasteiger partial charge in [-0.25, -0.2) is 0 Å². The van der Waals surface area contributed by atoms with Gasteiger partial charge in [-0.3, -0.25) is 4.79 Å². The van der Waals surface area contributed by atoms with E-state index in [1.807, 2.05) is 6.92 Å². The summed E-state index contributed by atoms with van der Waals surface area (Å²) in [5.41, 5.74) is 0.531. The van der Waals surface area contributed by atoms with E-state index < -0.39 is 0 Å². The van der Waals surface area contributed by atoms with Crippen molar-refractivity contribution in [1.82, 2.24) is 15.5 Å². The molecule has 1 aromatic carbocycles. The van der Waals surface area contributed by atoms with Gasteiger partial charge in [0.1, 0.15) is 5.75 Å². The van der Waals surface area contributed by atoms with Gasteiger partial charge in [-0.15, -0.1) is 0 Å². The Hall–Kier alpha value is -3.09. The molecule has 0 bridgehead atoms. The molecule has 0 saturated heterocycles. The fourth-order valence-corrected chi connectivity index (χ4v) is 1.96. The standard InChI is InChI=1S/C16H15N3O4/c1-2-21-12-7-5-11(6-8-12)15(20)17-10-14-18-16(23-19-14)13-4-3-9-22-13/h3-9H,2,10H2,1H3,(H,17,20). The maximum atomic E-state index is 12.1. The second-order valence-corrected chi connectivity index (χ2v) is 4.63. The summed E-state index contributed by atoms with van der Waals surface area (Å²) < 4.78 is 15.6. The van der Waals surface area contributed by atoms with Gasteiger partial charge in [0.2, 0.25) is 0 Å². The third-order valence-corrected chi connectivity index (χ3v) is 3.03. The lowest BCUT2D eigenvalue weighted by Crippen LogP contribution is -2.23. The van der Waals surface area contributed by atoms with Crippen LogP contribution in [0.4, 0.5) is 0 Å². The largest absolute Gasteiger partial charge is 0.494 e. The third-order valence-electron chi connectivity index (χ3n) is 3.03. The molecule has 1 N–H and O–H groups in total. The van der Waals surface area contributed by atoms with Gasteiger partial charge in [0, 0.05) is 5.56 Å². The lowest BCUT2D eigenvalue weighted by Gasteiger charge is -2.05. The van der Waals surface area contributed by atoms with E-state index in [0.29, 0.717) is 23.8 Å². The van der Waals surface area contributed by atoms with E-state index in [-0.39, 0.29) is 18.3 Å². The van der Waals surface area contributed by atoms with Crippen molar-refractivity contribution in [3.05, 3.63) is 54.0 Å². The molecular weight excluding hydrogens is 298 g/mol. The maximum absolute atomic E-state index is 12.1. The second-order valence-electron chi connectivity index (χ2n) is 4.63. The van der Waals surface area contributed by atoms with Crippen molar-refractivity contribution in [1.29, 1.82) is 0 Å². The highest BCUT2D eigenvalue weighted by Gasteiger charge is 2.12. The zero-order valence-corrected chi connectivity index (χ0v) is 12.5. The molecule has 2 heterocycles. The summed E-state index contributed by atoms with van der Waals surface area (Å²) in [4.78, 5) is 16.2. The quantitative estimate of drug-likeness (QED) is 0.752. The number of ether oxygens (including phenoxy) is 1. The normalized spacial score (nSPS) is 10.5. The van der Waals surface area contributed by atoms with Crippen molar-refractivity contribution < 1.29 is 18.5 Å². The van der Waals surface area contributed by atoms with Crippen molar-refractivity contribution in [2.24, 2.45) is 0 Å². The van der Waals surface area contributed by atoms with Crippen molar-refractivity contribution in [3.63, 3.8) is 0 Å². The molecule has 0 saturated carbocycles. The van der Waals surface area contributed by atoms with Crippen LogP contribution in [-0.4, -0.2) is 22.7 Å². The Morgan fingerprint density at radius 3 is 2.78 bits per heavy atom. The highest BCUT2D eigenvalue weighted by molar-refractivity contribution is 5.94. The molecule has 0 radical (unpaired) electrons. The maximum Gasteiger partial charge on any atom is 0.293 e. The Morgan fingerprint density at radius 2 is 2.09 bits per heavy atom. The van der Waals surface area contributed by atoms with Gasteiger partial charge in [-0.05, 0) is 43.3 Å². The van der Waals surface area contributed by atoms with Crippen molar-refractivity contribution >= 4 is 5.91 Å². The molecule has 0 fully saturated rings. The van der Waals surface area contributed by atoms with Crippen LogP contribution in [0.15, 0.2) is 51.6 Å². The first-order chi connectivity index (χ1) is 11.3. The number of benzene rings is 1. The number of rotatable bonds is 6. The van der Waals surface area contributed by atoms with Crippen LogP contribution < -0.4 is 10.1 Å². The Morgan fingerprint density at radius 1 is 1.26 bits per heavy atom. The third kappa shape index (κ3) is 3.57. The number of nitrogens with one attached hydrogen (secondary N) is 1. The van der Waals surface area contributed by atoms with Crippen LogP contribution in [0, 0.1) is 0 Å². The molecule has 0 aliphatic carbocycles. The lowest BCUT2D eigenvalue weighted by molar-refractivity contribution is 0.0949. The predicted octanol–water partition coefficient (Wildman–Crippen LogP) is 2.66. The summed E-state index contributed by atoms with van der Waals surface area (Å²) in [5.74, 6) is 1.64. The van der Waals surface area contributed by atoms with Crippen LogP contribution in [-0.2, 0) is 6.54 Å². The smallest absolute Gasteiger partial charge is 0.293 e. The Labute approximate surface area is 132 Å². The highest BCUT2D eigenvalue weighted by atomic mass is 16.5. The summed E-state index contributed by atoms with van der Waals surface area (Å²) >= 11 is 0. The zero-order chi connectivity index (χ0) is 16.1. The van der Waals surface area contributed by atoms with E-state index in [1.54, 1.807) is 36.4 Å². The lowest BCUT2D eigenvalue weighted by atomic mass is 10.2. The summed E-state index contributed by atoms with van der Waals surface area (Å²) in [6, 6.07) is 10.3. The average molecular weight is 313 g/mol. The van der Waals surface area contributed by atoms with Gasteiger partial charge >= 0.3 is 0 Å². The summed E-state index contributed by atoms with van der Waals surface area (Å²) in [5, 5.41) is 6.53. The molecule has 3 rings (SSSR count). The van der Waals surface area contributed by atoms with Crippen LogP contribution in [0.1, 0.15) is 23.1 Å². The minimum Gasteiger partial charge on any atom is -0.494 e. The molecule has 118 valence electrons. The monoisotopic (exact) mass is 313 g/mol. The van der Waals surface area contributed by atoms with E-state index in [4.69, 9.17) is 13.7 Å². The molecule has 0 unspecified atom stereocenters. The molecule has 2 aromatic heterocycles. The van der Waals surface area contributed by atoms with E-state index in [9.17, 15) is 4.79 Å². The van der Waals surface area contributed by atoms with E-state index in [0.717, 1.165) is 5.75 Å². The Balaban J connectivity index is 1.58. The van der Waals surface area contributed by atoms with Gasteiger partial charge in [-0.2, -0.15) is 4.98 Å². The molecule has 7 nitrogen and oxygen atoms in total. The molecule has 0 aliphatic rings. The van der Waals surface area contributed by atoms with Crippen molar-refractivity contribution in [3.8, 4) is 17.4 Å². The van der Waals surface area contributed by atoms with Gasteiger partial charge in [0.05, 0.1) is 19.4 Å². The van der Waals surface area contributed by atoms with Crippen LogP contribution in [0.3, 0.4) is 0 Å². The SMILES string of the molecule is CCOc1ccc(C(=O)NCc2noc(-c3ccco3)n2)cc1.